The Balaban J connectivity index is 2.54. The van der Waals surface area contributed by atoms with E-state index in [1.54, 1.807) is 25.1 Å². The Morgan fingerprint density at radius 3 is 2.62 bits per heavy atom. The van der Waals surface area contributed by atoms with Gasteiger partial charge in [0.05, 0.1) is 0 Å². The van der Waals surface area contributed by atoms with Crippen molar-refractivity contribution in [3.05, 3.63) is 18.0 Å². The molecule has 1 aromatic heterocycles. The highest BCUT2D eigenvalue weighted by atomic mass is 16.6. The lowest BCUT2D eigenvalue weighted by molar-refractivity contribution is 0.0303. The van der Waals surface area contributed by atoms with Gasteiger partial charge in [0, 0.05) is 33.4 Å². The van der Waals surface area contributed by atoms with Gasteiger partial charge in [-0.15, -0.1) is 0 Å². The standard InChI is InChI=1S/C14H21N5O2/c1-14(2,3)21-13(20)19(5)9-8-18(4)12-16-7-6-11(10-15)17-12/h6-7H,8-9H2,1-5H3. The first-order valence-electron chi connectivity index (χ1n) is 6.61. The second-order valence-corrected chi connectivity index (χ2v) is 5.68. The highest BCUT2D eigenvalue weighted by molar-refractivity contribution is 5.67. The van der Waals surface area contributed by atoms with Crippen LogP contribution >= 0.6 is 0 Å². The number of anilines is 1. The monoisotopic (exact) mass is 291 g/mol. The Kier molecular flexibility index (Phi) is 5.47. The lowest BCUT2D eigenvalue weighted by Gasteiger charge is -2.26. The zero-order valence-corrected chi connectivity index (χ0v) is 13.1. The van der Waals surface area contributed by atoms with Crippen molar-refractivity contribution in [2.45, 2.75) is 26.4 Å². The third kappa shape index (κ3) is 5.65. The number of hydrogen-bond acceptors (Lipinski definition) is 6. The number of carbonyl (C=O) groups is 1. The summed E-state index contributed by atoms with van der Waals surface area (Å²) >= 11 is 0. The minimum atomic E-state index is -0.512. The van der Waals surface area contributed by atoms with E-state index < -0.39 is 5.60 Å². The molecule has 0 radical (unpaired) electrons. The van der Waals surface area contributed by atoms with Crippen LogP contribution in [0.1, 0.15) is 26.5 Å². The summed E-state index contributed by atoms with van der Waals surface area (Å²) in [4.78, 5) is 23.3. The number of hydrogen-bond donors (Lipinski definition) is 0. The molecule has 0 bridgehead atoms. The van der Waals surface area contributed by atoms with E-state index in [-0.39, 0.29) is 6.09 Å². The first-order chi connectivity index (χ1) is 9.73. The Morgan fingerprint density at radius 1 is 1.38 bits per heavy atom. The van der Waals surface area contributed by atoms with Crippen LogP contribution in [0.4, 0.5) is 10.7 Å². The van der Waals surface area contributed by atoms with Gasteiger partial charge in [0.15, 0.2) is 0 Å². The number of nitrogens with zero attached hydrogens (tertiary/aromatic N) is 5. The van der Waals surface area contributed by atoms with E-state index in [1.165, 1.54) is 11.1 Å². The van der Waals surface area contributed by atoms with E-state index in [1.807, 2.05) is 26.8 Å². The first-order valence-corrected chi connectivity index (χ1v) is 6.61. The van der Waals surface area contributed by atoms with Crippen molar-refractivity contribution in [2.24, 2.45) is 0 Å². The predicted octanol–water partition coefficient (Wildman–Crippen LogP) is 1.65. The maximum atomic E-state index is 11.8. The molecule has 0 N–H and O–H groups in total. The van der Waals surface area contributed by atoms with Gasteiger partial charge in [-0.1, -0.05) is 0 Å². The fourth-order valence-corrected chi connectivity index (χ4v) is 1.43. The maximum absolute atomic E-state index is 11.8. The van der Waals surface area contributed by atoms with Crippen molar-refractivity contribution in [3.63, 3.8) is 0 Å². The molecule has 0 fully saturated rings. The van der Waals surface area contributed by atoms with E-state index in [0.717, 1.165) is 0 Å². The number of rotatable bonds is 4. The topological polar surface area (TPSA) is 82.4 Å². The summed E-state index contributed by atoms with van der Waals surface area (Å²) < 4.78 is 5.27. The second kappa shape index (κ2) is 6.88. The van der Waals surface area contributed by atoms with Gasteiger partial charge in [-0.3, -0.25) is 0 Å². The molecule has 0 saturated carbocycles. The third-order valence-corrected chi connectivity index (χ3v) is 2.57. The van der Waals surface area contributed by atoms with Gasteiger partial charge < -0.3 is 14.5 Å². The third-order valence-electron chi connectivity index (χ3n) is 2.57. The van der Waals surface area contributed by atoms with Crippen LogP contribution in [-0.2, 0) is 4.74 Å². The van der Waals surface area contributed by atoms with Crippen molar-refractivity contribution >= 4 is 12.0 Å². The van der Waals surface area contributed by atoms with Crippen molar-refractivity contribution in [3.8, 4) is 6.07 Å². The van der Waals surface area contributed by atoms with Gasteiger partial charge >= 0.3 is 6.09 Å². The highest BCUT2D eigenvalue weighted by Crippen LogP contribution is 2.09. The number of nitriles is 1. The molecule has 1 heterocycles. The molecule has 21 heavy (non-hydrogen) atoms. The zero-order chi connectivity index (χ0) is 16.0. The Hall–Kier alpha value is -2.36. The van der Waals surface area contributed by atoms with Gasteiger partial charge in [0.2, 0.25) is 5.95 Å². The number of aromatic nitrogens is 2. The van der Waals surface area contributed by atoms with E-state index in [4.69, 9.17) is 10.00 Å². The van der Waals surface area contributed by atoms with Crippen molar-refractivity contribution in [2.75, 3.05) is 32.1 Å². The summed E-state index contributed by atoms with van der Waals surface area (Å²) in [5.74, 6) is 0.451. The lowest BCUT2D eigenvalue weighted by atomic mass is 10.2. The van der Waals surface area contributed by atoms with Gasteiger partial charge in [-0.25, -0.2) is 14.8 Å². The Labute approximate surface area is 125 Å². The quantitative estimate of drug-likeness (QED) is 0.839. The fraction of sp³-hybridized carbons (Fsp3) is 0.571. The van der Waals surface area contributed by atoms with E-state index in [0.29, 0.717) is 24.7 Å². The van der Waals surface area contributed by atoms with E-state index >= 15 is 0 Å². The van der Waals surface area contributed by atoms with Crippen LogP contribution in [0, 0.1) is 11.3 Å². The van der Waals surface area contributed by atoms with Crippen molar-refractivity contribution in [1.29, 1.82) is 5.26 Å². The first kappa shape index (κ1) is 16.7. The maximum Gasteiger partial charge on any atom is 0.410 e. The smallest absolute Gasteiger partial charge is 0.410 e. The van der Waals surface area contributed by atoms with Crippen LogP contribution in [0.5, 0.6) is 0 Å². The molecule has 0 spiro atoms. The minimum absolute atomic E-state index is 0.312. The van der Waals surface area contributed by atoms with E-state index in [9.17, 15) is 4.79 Å². The van der Waals surface area contributed by atoms with Gasteiger partial charge in [-0.05, 0) is 26.8 Å². The van der Waals surface area contributed by atoms with Gasteiger partial charge in [0.25, 0.3) is 0 Å². The molecule has 0 aromatic carbocycles. The summed E-state index contributed by atoms with van der Waals surface area (Å²) in [6, 6.07) is 3.51. The molecule has 1 aromatic rings. The number of likely N-dealkylation sites (N-methyl/N-ethyl adjacent to an activating group) is 2. The van der Waals surface area contributed by atoms with Crippen LogP contribution in [-0.4, -0.2) is 53.7 Å². The number of carbonyl (C=O) groups excluding carboxylic acids is 1. The molecule has 0 saturated heterocycles. The highest BCUT2D eigenvalue weighted by Gasteiger charge is 2.19. The van der Waals surface area contributed by atoms with Crippen molar-refractivity contribution in [1.82, 2.24) is 14.9 Å². The summed E-state index contributed by atoms with van der Waals surface area (Å²) in [6.07, 6.45) is 1.16. The second-order valence-electron chi connectivity index (χ2n) is 5.68. The zero-order valence-electron chi connectivity index (χ0n) is 13.1. The van der Waals surface area contributed by atoms with Crippen LogP contribution in [0.2, 0.25) is 0 Å². The molecule has 7 heteroatoms. The number of amides is 1. The Morgan fingerprint density at radius 2 is 2.05 bits per heavy atom. The van der Waals surface area contributed by atoms with Crippen LogP contribution in [0.3, 0.4) is 0 Å². The average Bonchev–Trinajstić information content (AvgIpc) is 2.42. The molecule has 1 rings (SSSR count). The summed E-state index contributed by atoms with van der Waals surface area (Å²) in [7, 11) is 3.48. The molecule has 0 atom stereocenters. The summed E-state index contributed by atoms with van der Waals surface area (Å²) in [5, 5.41) is 8.81. The molecule has 1 amide bonds. The molecule has 0 aliphatic rings. The number of ether oxygens (including phenoxy) is 1. The SMILES string of the molecule is CN(CCN(C)c1nccc(C#N)n1)C(=O)OC(C)(C)C. The lowest BCUT2D eigenvalue weighted by Crippen LogP contribution is -2.38. The van der Waals surface area contributed by atoms with Crippen LogP contribution in [0.25, 0.3) is 0 Å². The van der Waals surface area contributed by atoms with Crippen molar-refractivity contribution < 1.29 is 9.53 Å². The normalized spacial score (nSPS) is 10.7. The van der Waals surface area contributed by atoms with Gasteiger partial charge in [-0.2, -0.15) is 5.26 Å². The van der Waals surface area contributed by atoms with E-state index in [2.05, 4.69) is 9.97 Å². The minimum Gasteiger partial charge on any atom is -0.444 e. The summed E-state index contributed by atoms with van der Waals surface area (Å²) in [5.41, 5.74) is -0.200. The molecular weight excluding hydrogens is 270 g/mol. The summed E-state index contributed by atoms with van der Waals surface area (Å²) in [6.45, 7) is 6.47. The molecule has 114 valence electrons. The average molecular weight is 291 g/mol. The predicted molar refractivity (Wildman–Crippen MR) is 78.9 cm³/mol. The van der Waals surface area contributed by atoms with Crippen LogP contribution in [0.15, 0.2) is 12.3 Å². The largest absolute Gasteiger partial charge is 0.444 e. The molecule has 0 aliphatic carbocycles. The fourth-order valence-electron chi connectivity index (χ4n) is 1.43. The van der Waals surface area contributed by atoms with Crippen LogP contribution < -0.4 is 4.90 Å². The molecule has 7 nitrogen and oxygen atoms in total. The molecule has 0 unspecified atom stereocenters. The molecular formula is C14H21N5O2. The van der Waals surface area contributed by atoms with Gasteiger partial charge in [0.1, 0.15) is 17.4 Å². The Bertz CT molecular complexity index is 533. The molecule has 0 aliphatic heterocycles.